The normalized spacial score (nSPS) is 30.3. The van der Waals surface area contributed by atoms with Gasteiger partial charge in [-0.1, -0.05) is 18.2 Å². The van der Waals surface area contributed by atoms with Crippen LogP contribution in [0.4, 0.5) is 4.39 Å². The zero-order valence-corrected chi connectivity index (χ0v) is 12.0. The molecule has 0 spiro atoms. The Morgan fingerprint density at radius 3 is 2.71 bits per heavy atom. The van der Waals surface area contributed by atoms with Crippen molar-refractivity contribution in [3.63, 3.8) is 0 Å². The fraction of sp³-hybridized carbons (Fsp3) is 0.562. The number of likely N-dealkylation sites (tertiary alicyclic amines) is 1. The van der Waals surface area contributed by atoms with Crippen LogP contribution in [0.25, 0.3) is 0 Å². The molecule has 1 aromatic carbocycles. The summed E-state index contributed by atoms with van der Waals surface area (Å²) in [5.41, 5.74) is 0.577. The van der Waals surface area contributed by atoms with Gasteiger partial charge in [0, 0.05) is 30.7 Å². The first kappa shape index (κ1) is 13.2. The summed E-state index contributed by atoms with van der Waals surface area (Å²) in [5, 5.41) is 3.17. The Morgan fingerprint density at radius 1 is 1.14 bits per heavy atom. The summed E-state index contributed by atoms with van der Waals surface area (Å²) in [5.74, 6) is -0.155. The van der Waals surface area contributed by atoms with Gasteiger partial charge in [-0.05, 0) is 25.3 Å². The highest BCUT2D eigenvalue weighted by molar-refractivity contribution is 5.81. The van der Waals surface area contributed by atoms with Crippen molar-refractivity contribution in [2.45, 2.75) is 37.5 Å². The van der Waals surface area contributed by atoms with Crippen molar-refractivity contribution in [3.05, 3.63) is 35.6 Å². The van der Waals surface area contributed by atoms with Crippen LogP contribution in [0.1, 0.15) is 31.0 Å². The smallest absolute Gasteiger partial charge is 0.238 e. The number of hydrogen-bond acceptors (Lipinski definition) is 3. The minimum atomic E-state index is -0.317. The lowest BCUT2D eigenvalue weighted by Gasteiger charge is -2.31. The molecule has 4 rings (SSSR count). The molecule has 2 saturated heterocycles. The summed E-state index contributed by atoms with van der Waals surface area (Å²) in [7, 11) is 0. The van der Waals surface area contributed by atoms with Crippen molar-refractivity contribution >= 4 is 5.91 Å². The van der Waals surface area contributed by atoms with Gasteiger partial charge in [0.1, 0.15) is 12.0 Å². The van der Waals surface area contributed by atoms with E-state index in [0.717, 1.165) is 25.6 Å². The number of carbonyl (C=O) groups excluding carboxylic acids is 1. The van der Waals surface area contributed by atoms with E-state index in [0.29, 0.717) is 12.1 Å². The molecule has 1 saturated carbocycles. The van der Waals surface area contributed by atoms with E-state index in [-0.39, 0.29) is 23.9 Å². The maximum absolute atomic E-state index is 14.1. The predicted molar refractivity (Wildman–Crippen MR) is 77.0 cm³/mol. The molecule has 0 aromatic heterocycles. The highest BCUT2D eigenvalue weighted by Gasteiger charge is 2.43. The number of nitrogens with zero attached hydrogens (tertiary/aromatic N) is 2. The van der Waals surface area contributed by atoms with Gasteiger partial charge in [0.05, 0.1) is 6.54 Å². The molecule has 1 aliphatic carbocycles. The second-order valence-corrected chi connectivity index (χ2v) is 6.27. The maximum atomic E-state index is 14.1. The number of carbonyl (C=O) groups is 1. The lowest BCUT2D eigenvalue weighted by molar-refractivity contribution is -0.130. The quantitative estimate of drug-likeness (QED) is 0.916. The van der Waals surface area contributed by atoms with E-state index in [9.17, 15) is 9.18 Å². The summed E-state index contributed by atoms with van der Waals surface area (Å²) < 4.78 is 14.1. The van der Waals surface area contributed by atoms with Crippen LogP contribution in [0, 0.1) is 5.82 Å². The summed E-state index contributed by atoms with van der Waals surface area (Å²) in [6.07, 6.45) is 3.25. The monoisotopic (exact) mass is 289 g/mol. The molecule has 5 heteroatoms. The van der Waals surface area contributed by atoms with Crippen molar-refractivity contribution < 1.29 is 9.18 Å². The van der Waals surface area contributed by atoms with Crippen molar-refractivity contribution in [2.75, 3.05) is 19.6 Å². The molecule has 0 bridgehead atoms. The Morgan fingerprint density at radius 2 is 1.95 bits per heavy atom. The molecule has 1 aromatic rings. The van der Waals surface area contributed by atoms with Gasteiger partial charge < -0.3 is 4.90 Å². The first-order chi connectivity index (χ1) is 10.2. The highest BCUT2D eigenvalue weighted by atomic mass is 19.1. The van der Waals surface area contributed by atoms with Gasteiger partial charge in [-0.3, -0.25) is 15.0 Å². The molecule has 2 atom stereocenters. The Labute approximate surface area is 123 Å². The van der Waals surface area contributed by atoms with Gasteiger partial charge >= 0.3 is 0 Å². The van der Waals surface area contributed by atoms with Crippen molar-refractivity contribution in [2.24, 2.45) is 0 Å². The molecule has 2 unspecified atom stereocenters. The van der Waals surface area contributed by atoms with Gasteiger partial charge in [-0.25, -0.2) is 4.39 Å². The van der Waals surface area contributed by atoms with Crippen LogP contribution in [0.15, 0.2) is 24.3 Å². The van der Waals surface area contributed by atoms with Crippen LogP contribution in [0.3, 0.4) is 0 Å². The van der Waals surface area contributed by atoms with Gasteiger partial charge in [0.15, 0.2) is 0 Å². The van der Waals surface area contributed by atoms with Crippen LogP contribution < -0.4 is 5.32 Å². The summed E-state index contributed by atoms with van der Waals surface area (Å²) in [6, 6.07) is 7.68. The van der Waals surface area contributed by atoms with Crippen LogP contribution in [-0.2, 0) is 4.79 Å². The molecule has 1 N–H and O–H groups in total. The molecule has 112 valence electrons. The molecule has 3 fully saturated rings. The third kappa shape index (κ3) is 2.34. The number of benzene rings is 1. The van der Waals surface area contributed by atoms with Gasteiger partial charge in [-0.2, -0.15) is 0 Å². The molecule has 0 radical (unpaired) electrons. The molecular weight excluding hydrogens is 269 g/mol. The molecule has 2 aliphatic heterocycles. The van der Waals surface area contributed by atoms with E-state index in [1.807, 2.05) is 11.0 Å². The van der Waals surface area contributed by atoms with E-state index in [1.54, 1.807) is 12.1 Å². The summed E-state index contributed by atoms with van der Waals surface area (Å²) in [6.45, 7) is 2.30. The number of hydrogen-bond donors (Lipinski definition) is 1. The first-order valence-electron chi connectivity index (χ1n) is 7.77. The molecule has 1 amide bonds. The Kier molecular flexibility index (Phi) is 3.19. The van der Waals surface area contributed by atoms with Crippen molar-refractivity contribution in [1.82, 2.24) is 15.1 Å². The van der Waals surface area contributed by atoms with Crippen LogP contribution >= 0.6 is 0 Å². The third-order valence-electron chi connectivity index (χ3n) is 4.86. The molecule has 21 heavy (non-hydrogen) atoms. The molecule has 2 heterocycles. The van der Waals surface area contributed by atoms with E-state index in [2.05, 4.69) is 10.2 Å². The fourth-order valence-corrected chi connectivity index (χ4v) is 3.66. The van der Waals surface area contributed by atoms with E-state index >= 15 is 0 Å². The molecule has 3 aliphatic rings. The van der Waals surface area contributed by atoms with E-state index in [4.69, 9.17) is 0 Å². The number of halogens is 1. The van der Waals surface area contributed by atoms with Crippen LogP contribution in [-0.4, -0.2) is 47.4 Å². The average molecular weight is 289 g/mol. The lowest BCUT2D eigenvalue weighted by Crippen LogP contribution is -2.41. The summed E-state index contributed by atoms with van der Waals surface area (Å²) in [4.78, 5) is 16.6. The number of amides is 1. The number of rotatable bonds is 3. The molecule has 4 nitrogen and oxygen atoms in total. The SMILES string of the molecule is O=C1CNC(c2ccccc2F)N1C1CCN(C2CC2)C1. The second-order valence-electron chi connectivity index (χ2n) is 6.27. The zero-order valence-electron chi connectivity index (χ0n) is 12.0. The molecular formula is C16H20FN3O. The average Bonchev–Trinajstić information content (AvgIpc) is 3.10. The van der Waals surface area contributed by atoms with Crippen LogP contribution in [0.5, 0.6) is 0 Å². The maximum Gasteiger partial charge on any atom is 0.238 e. The predicted octanol–water partition coefficient (Wildman–Crippen LogP) is 1.49. The standard InChI is InChI=1S/C16H20FN3O/c17-14-4-2-1-3-13(14)16-18-9-15(21)20(16)12-7-8-19(10-12)11-5-6-11/h1-4,11-12,16,18H,5-10H2. The van der Waals surface area contributed by atoms with Crippen molar-refractivity contribution in [1.29, 1.82) is 0 Å². The van der Waals surface area contributed by atoms with Gasteiger partial charge in [0.25, 0.3) is 0 Å². The first-order valence-corrected chi connectivity index (χ1v) is 7.77. The fourth-order valence-electron chi connectivity index (χ4n) is 3.66. The minimum absolute atomic E-state index is 0.0888. The van der Waals surface area contributed by atoms with Gasteiger partial charge in [-0.15, -0.1) is 0 Å². The highest BCUT2D eigenvalue weighted by Crippen LogP contribution is 2.34. The minimum Gasteiger partial charge on any atom is -0.317 e. The van der Waals surface area contributed by atoms with Crippen molar-refractivity contribution in [3.8, 4) is 0 Å². The zero-order chi connectivity index (χ0) is 14.4. The Balaban J connectivity index is 1.57. The number of nitrogens with one attached hydrogen (secondary N) is 1. The van der Waals surface area contributed by atoms with E-state index < -0.39 is 0 Å². The lowest BCUT2D eigenvalue weighted by atomic mass is 10.1. The largest absolute Gasteiger partial charge is 0.317 e. The second kappa shape index (κ2) is 5.07. The third-order valence-corrected chi connectivity index (χ3v) is 4.86. The van der Waals surface area contributed by atoms with Crippen LogP contribution in [0.2, 0.25) is 0 Å². The Bertz CT molecular complexity index is 560. The summed E-state index contributed by atoms with van der Waals surface area (Å²) >= 11 is 0. The van der Waals surface area contributed by atoms with Gasteiger partial charge in [0.2, 0.25) is 5.91 Å². The topological polar surface area (TPSA) is 35.6 Å². The van der Waals surface area contributed by atoms with E-state index in [1.165, 1.54) is 18.9 Å². The Hall–Kier alpha value is -1.46.